The van der Waals surface area contributed by atoms with Crippen LogP contribution in [0.15, 0.2) is 23.4 Å². The molecule has 0 spiro atoms. The lowest BCUT2D eigenvalue weighted by atomic mass is 10.3. The minimum absolute atomic E-state index is 0.586. The molecule has 5 heteroatoms. The number of aromatic nitrogens is 1. The van der Waals surface area contributed by atoms with Gasteiger partial charge < -0.3 is 0 Å². The summed E-state index contributed by atoms with van der Waals surface area (Å²) in [4.78, 5) is 3.61. The number of thioether (sulfide) groups is 1. The molecule has 0 amide bonds. The molecular formula is C7H6F3NS. The molecule has 0 saturated carbocycles. The number of hydrogen-bond acceptors (Lipinski definition) is 2. The zero-order valence-electron chi connectivity index (χ0n) is 6.22. The highest BCUT2D eigenvalue weighted by molar-refractivity contribution is 7.98. The van der Waals surface area contributed by atoms with E-state index in [-0.39, 0.29) is 0 Å². The van der Waals surface area contributed by atoms with E-state index in [0.29, 0.717) is 5.03 Å². The van der Waals surface area contributed by atoms with Crippen LogP contribution >= 0.6 is 11.8 Å². The van der Waals surface area contributed by atoms with Gasteiger partial charge in [-0.25, -0.2) is 4.98 Å². The highest BCUT2D eigenvalue weighted by atomic mass is 32.2. The van der Waals surface area contributed by atoms with Crippen LogP contribution in [0, 0.1) is 0 Å². The van der Waals surface area contributed by atoms with Crippen LogP contribution in [0.1, 0.15) is 5.56 Å². The molecule has 1 rings (SSSR count). The standard InChI is InChI=1S/C7H6F3NS/c1-12-6-3-2-5(4-11-6)7(8,9)10/h2-4H,1H3. The third kappa shape index (κ3) is 2.14. The number of hydrogen-bond donors (Lipinski definition) is 0. The van der Waals surface area contributed by atoms with E-state index >= 15 is 0 Å². The van der Waals surface area contributed by atoms with E-state index in [4.69, 9.17) is 0 Å². The number of pyridine rings is 1. The smallest absolute Gasteiger partial charge is 0.249 e. The van der Waals surface area contributed by atoms with E-state index < -0.39 is 11.7 Å². The van der Waals surface area contributed by atoms with Gasteiger partial charge in [-0.3, -0.25) is 0 Å². The largest absolute Gasteiger partial charge is 0.417 e. The van der Waals surface area contributed by atoms with Gasteiger partial charge in [0, 0.05) is 6.20 Å². The first-order valence-electron chi connectivity index (χ1n) is 3.11. The molecule has 0 atom stereocenters. The first kappa shape index (κ1) is 9.38. The van der Waals surface area contributed by atoms with Gasteiger partial charge in [-0.1, -0.05) is 0 Å². The summed E-state index contributed by atoms with van der Waals surface area (Å²) >= 11 is 1.31. The number of halogens is 3. The van der Waals surface area contributed by atoms with Crippen molar-refractivity contribution in [3.05, 3.63) is 23.9 Å². The van der Waals surface area contributed by atoms with Crippen LogP contribution in [-0.2, 0) is 6.18 Å². The molecular weight excluding hydrogens is 187 g/mol. The zero-order chi connectivity index (χ0) is 9.19. The zero-order valence-corrected chi connectivity index (χ0v) is 7.04. The Kier molecular flexibility index (Phi) is 2.62. The number of nitrogens with zero attached hydrogens (tertiary/aromatic N) is 1. The molecule has 0 radical (unpaired) electrons. The average molecular weight is 193 g/mol. The van der Waals surface area contributed by atoms with E-state index in [0.717, 1.165) is 12.3 Å². The highest BCUT2D eigenvalue weighted by Crippen LogP contribution is 2.29. The maximum Gasteiger partial charge on any atom is 0.417 e. The molecule has 0 unspecified atom stereocenters. The van der Waals surface area contributed by atoms with E-state index in [1.54, 1.807) is 6.26 Å². The third-order valence-electron chi connectivity index (χ3n) is 1.27. The number of rotatable bonds is 1. The van der Waals surface area contributed by atoms with Gasteiger partial charge in [0.1, 0.15) is 0 Å². The molecule has 1 nitrogen and oxygen atoms in total. The fraction of sp³-hybridized carbons (Fsp3) is 0.286. The molecule has 1 heterocycles. The van der Waals surface area contributed by atoms with Crippen molar-refractivity contribution < 1.29 is 13.2 Å². The average Bonchev–Trinajstić information content (AvgIpc) is 2.03. The van der Waals surface area contributed by atoms with E-state index in [9.17, 15) is 13.2 Å². The van der Waals surface area contributed by atoms with Crippen LogP contribution in [0.4, 0.5) is 13.2 Å². The van der Waals surface area contributed by atoms with Crippen molar-refractivity contribution >= 4 is 11.8 Å². The van der Waals surface area contributed by atoms with Crippen molar-refractivity contribution in [2.45, 2.75) is 11.2 Å². The molecule has 66 valence electrons. The minimum atomic E-state index is -4.29. The minimum Gasteiger partial charge on any atom is -0.249 e. The van der Waals surface area contributed by atoms with Crippen LogP contribution in [0.5, 0.6) is 0 Å². The van der Waals surface area contributed by atoms with Crippen molar-refractivity contribution in [1.29, 1.82) is 0 Å². The summed E-state index contributed by atoms with van der Waals surface area (Å²) in [6.07, 6.45) is -1.69. The topological polar surface area (TPSA) is 12.9 Å². The lowest BCUT2D eigenvalue weighted by molar-refractivity contribution is -0.137. The maximum absolute atomic E-state index is 12.0. The predicted molar refractivity (Wildman–Crippen MR) is 41.0 cm³/mol. The second kappa shape index (κ2) is 3.35. The molecule has 0 aliphatic rings. The molecule has 12 heavy (non-hydrogen) atoms. The Morgan fingerprint density at radius 1 is 1.33 bits per heavy atom. The van der Waals surface area contributed by atoms with Crippen LogP contribution in [-0.4, -0.2) is 11.2 Å². The van der Waals surface area contributed by atoms with Gasteiger partial charge in [-0.15, -0.1) is 11.8 Å². The number of alkyl halides is 3. The summed E-state index contributed by atoms with van der Waals surface area (Å²) in [6, 6.07) is 2.38. The Balaban J connectivity index is 2.93. The monoisotopic (exact) mass is 193 g/mol. The summed E-state index contributed by atoms with van der Waals surface area (Å²) in [5.41, 5.74) is -0.708. The Morgan fingerprint density at radius 3 is 2.33 bits per heavy atom. The van der Waals surface area contributed by atoms with Crippen molar-refractivity contribution in [2.24, 2.45) is 0 Å². The Hall–Kier alpha value is -0.710. The Labute approximate surface area is 72.0 Å². The van der Waals surface area contributed by atoms with Gasteiger partial charge in [0.05, 0.1) is 10.6 Å². The molecule has 0 aromatic carbocycles. The fourth-order valence-corrected chi connectivity index (χ4v) is 1.03. The van der Waals surface area contributed by atoms with Gasteiger partial charge in [-0.2, -0.15) is 13.2 Å². The summed E-state index contributed by atoms with van der Waals surface area (Å²) in [5.74, 6) is 0. The molecule has 1 aromatic heterocycles. The first-order valence-corrected chi connectivity index (χ1v) is 4.34. The molecule has 0 aliphatic carbocycles. The second-order valence-electron chi connectivity index (χ2n) is 2.09. The second-order valence-corrected chi connectivity index (χ2v) is 2.91. The quantitative estimate of drug-likeness (QED) is 0.636. The Morgan fingerprint density at radius 2 is 2.00 bits per heavy atom. The van der Waals surface area contributed by atoms with Crippen LogP contribution in [0.2, 0.25) is 0 Å². The maximum atomic E-state index is 12.0. The highest BCUT2D eigenvalue weighted by Gasteiger charge is 2.30. The SMILES string of the molecule is CSc1ccc(C(F)(F)F)cn1. The summed E-state index contributed by atoms with van der Waals surface area (Å²) in [5, 5.41) is 0.586. The molecule has 0 bridgehead atoms. The van der Waals surface area contributed by atoms with Crippen molar-refractivity contribution in [2.75, 3.05) is 6.26 Å². The fourth-order valence-electron chi connectivity index (χ4n) is 0.669. The summed E-state index contributed by atoms with van der Waals surface area (Å²) in [6.45, 7) is 0. The predicted octanol–water partition coefficient (Wildman–Crippen LogP) is 2.82. The molecule has 1 aromatic rings. The van der Waals surface area contributed by atoms with Crippen LogP contribution < -0.4 is 0 Å². The summed E-state index contributed by atoms with van der Waals surface area (Å²) in [7, 11) is 0. The van der Waals surface area contributed by atoms with E-state index in [1.807, 2.05) is 0 Å². The lowest BCUT2D eigenvalue weighted by Crippen LogP contribution is -2.04. The van der Waals surface area contributed by atoms with Gasteiger partial charge in [-0.05, 0) is 18.4 Å². The first-order chi connectivity index (χ1) is 5.54. The van der Waals surface area contributed by atoms with Gasteiger partial charge in [0.25, 0.3) is 0 Å². The Bertz CT molecular complexity index is 254. The summed E-state index contributed by atoms with van der Waals surface area (Å²) < 4.78 is 35.9. The van der Waals surface area contributed by atoms with Crippen LogP contribution in [0.25, 0.3) is 0 Å². The lowest BCUT2D eigenvalue weighted by Gasteiger charge is -2.05. The van der Waals surface area contributed by atoms with E-state index in [1.165, 1.54) is 17.8 Å². The third-order valence-corrected chi connectivity index (χ3v) is 1.93. The van der Waals surface area contributed by atoms with Crippen molar-refractivity contribution in [3.8, 4) is 0 Å². The normalized spacial score (nSPS) is 11.7. The molecule has 0 fully saturated rings. The van der Waals surface area contributed by atoms with E-state index in [2.05, 4.69) is 4.98 Å². The molecule has 0 N–H and O–H groups in total. The van der Waals surface area contributed by atoms with Crippen LogP contribution in [0.3, 0.4) is 0 Å². The van der Waals surface area contributed by atoms with Crippen molar-refractivity contribution in [1.82, 2.24) is 4.98 Å². The van der Waals surface area contributed by atoms with Gasteiger partial charge in [0.2, 0.25) is 0 Å². The van der Waals surface area contributed by atoms with Gasteiger partial charge >= 0.3 is 6.18 Å². The van der Waals surface area contributed by atoms with Crippen molar-refractivity contribution in [3.63, 3.8) is 0 Å². The van der Waals surface area contributed by atoms with Gasteiger partial charge in [0.15, 0.2) is 0 Å². The molecule has 0 saturated heterocycles. The molecule has 0 aliphatic heterocycles.